The van der Waals surface area contributed by atoms with Gasteiger partial charge in [-0.3, -0.25) is 29.0 Å². The molecule has 1 aliphatic heterocycles. The maximum atomic E-state index is 13.0. The second kappa shape index (κ2) is 17.2. The van der Waals surface area contributed by atoms with Crippen LogP contribution in [0, 0.1) is 11.8 Å². The predicted molar refractivity (Wildman–Crippen MR) is 184 cm³/mol. The van der Waals surface area contributed by atoms with Gasteiger partial charge in [0.2, 0.25) is 23.7 Å². The highest BCUT2D eigenvalue weighted by atomic mass is 16.4. The Morgan fingerprint density at radius 1 is 1.04 bits per heavy atom. The molecule has 4 amide bonds. The van der Waals surface area contributed by atoms with Gasteiger partial charge < -0.3 is 37.4 Å². The summed E-state index contributed by atoms with van der Waals surface area (Å²) in [5, 5.41) is 23.7. The summed E-state index contributed by atoms with van der Waals surface area (Å²) in [5.41, 5.74) is 6.93. The number of anilines is 2. The number of aromatic nitrogens is 4. The topological polar surface area (TPSA) is 263 Å². The number of nitrogens with zero attached hydrogens (tertiary/aromatic N) is 3. The zero-order chi connectivity index (χ0) is 36.4. The number of nitrogens with two attached hydrogens (primary N) is 1. The number of nitrogen functional groups attached to an aromatic ring is 1. The molecule has 268 valence electrons. The van der Waals surface area contributed by atoms with Gasteiger partial charge in [-0.15, -0.1) is 0 Å². The third-order valence-electron chi connectivity index (χ3n) is 8.33. The van der Waals surface area contributed by atoms with Gasteiger partial charge >= 0.3 is 5.97 Å². The molecule has 4 unspecified atom stereocenters. The number of carboxylic acids is 1. The molecule has 9 N–H and O–H groups in total. The second-order valence-electron chi connectivity index (χ2n) is 12.7. The first-order chi connectivity index (χ1) is 23.8. The molecule has 1 saturated heterocycles. The van der Waals surface area contributed by atoms with Crippen molar-refractivity contribution in [2.24, 2.45) is 11.8 Å². The third kappa shape index (κ3) is 10.4. The van der Waals surface area contributed by atoms with Gasteiger partial charge in [-0.2, -0.15) is 4.98 Å². The van der Waals surface area contributed by atoms with E-state index in [1.807, 2.05) is 20.8 Å². The molecule has 0 saturated carbocycles. The number of aromatic amines is 1. The summed E-state index contributed by atoms with van der Waals surface area (Å²) < 4.78 is 0. The Morgan fingerprint density at radius 2 is 1.78 bits per heavy atom. The number of nitrogens with one attached hydrogen (secondary N) is 6. The van der Waals surface area contributed by atoms with Crippen LogP contribution in [0.4, 0.5) is 11.6 Å². The number of benzene rings is 1. The van der Waals surface area contributed by atoms with Crippen molar-refractivity contribution in [2.45, 2.75) is 84.0 Å². The normalized spacial score (nSPS) is 18.6. The molecule has 0 radical (unpaired) electrons. The molecular formula is C33H44N10O7. The second-order valence-corrected chi connectivity index (χ2v) is 12.7. The molecule has 3 aromatic rings. The fraction of sp³-hybridized carbons (Fsp3) is 0.485. The van der Waals surface area contributed by atoms with Crippen LogP contribution in [0.5, 0.6) is 0 Å². The minimum atomic E-state index is -1.18. The molecular weight excluding hydrogens is 648 g/mol. The SMILES string of the molecule is CCC(CCC(=O)NCC1CCC(C(=O)O)NC(=O)C(CC(C)C)NC1=O)NC(=O)c1ccc(NCc2cnc3nc(N)[nH]c(=O)c3n2)cc1. The lowest BCUT2D eigenvalue weighted by atomic mass is 9.98. The number of hydrogen-bond donors (Lipinski definition) is 8. The van der Waals surface area contributed by atoms with E-state index in [0.29, 0.717) is 36.2 Å². The molecule has 50 heavy (non-hydrogen) atoms. The number of aliphatic carboxylic acids is 1. The van der Waals surface area contributed by atoms with Crippen molar-refractivity contribution in [1.82, 2.24) is 41.2 Å². The monoisotopic (exact) mass is 692 g/mol. The Morgan fingerprint density at radius 3 is 2.46 bits per heavy atom. The van der Waals surface area contributed by atoms with Crippen molar-refractivity contribution in [3.8, 4) is 0 Å². The van der Waals surface area contributed by atoms with Crippen molar-refractivity contribution in [1.29, 1.82) is 0 Å². The number of fused-ring (bicyclic) bond motifs is 1. The Labute approximate surface area is 288 Å². The Hall–Kier alpha value is -5.61. The first-order valence-corrected chi connectivity index (χ1v) is 16.6. The van der Waals surface area contributed by atoms with Gasteiger partial charge in [0.05, 0.1) is 24.4 Å². The summed E-state index contributed by atoms with van der Waals surface area (Å²) in [4.78, 5) is 90.0. The van der Waals surface area contributed by atoms with Crippen LogP contribution >= 0.6 is 0 Å². The molecule has 17 heteroatoms. The molecule has 0 bridgehead atoms. The summed E-state index contributed by atoms with van der Waals surface area (Å²) in [6.07, 6.45) is 3.07. The van der Waals surface area contributed by atoms with Gasteiger partial charge in [-0.05, 0) is 62.3 Å². The highest BCUT2D eigenvalue weighted by Gasteiger charge is 2.33. The summed E-state index contributed by atoms with van der Waals surface area (Å²) in [7, 11) is 0. The lowest BCUT2D eigenvalue weighted by molar-refractivity contribution is -0.142. The maximum Gasteiger partial charge on any atom is 0.326 e. The van der Waals surface area contributed by atoms with Crippen molar-refractivity contribution in [3.05, 3.63) is 52.1 Å². The lowest BCUT2D eigenvalue weighted by Gasteiger charge is -2.22. The highest BCUT2D eigenvalue weighted by Crippen LogP contribution is 2.16. The predicted octanol–water partition coefficient (Wildman–Crippen LogP) is 0.823. The van der Waals surface area contributed by atoms with E-state index in [2.05, 4.69) is 46.5 Å². The third-order valence-corrected chi connectivity index (χ3v) is 8.33. The van der Waals surface area contributed by atoms with E-state index in [1.54, 1.807) is 24.3 Å². The average molecular weight is 693 g/mol. The molecule has 0 aliphatic carbocycles. The van der Waals surface area contributed by atoms with Crippen molar-refractivity contribution < 1.29 is 29.1 Å². The Bertz CT molecular complexity index is 1760. The van der Waals surface area contributed by atoms with E-state index in [-0.39, 0.29) is 73.2 Å². The fourth-order valence-corrected chi connectivity index (χ4v) is 5.48. The van der Waals surface area contributed by atoms with E-state index in [1.165, 1.54) is 6.20 Å². The molecule has 0 spiro atoms. The molecule has 1 aromatic carbocycles. The zero-order valence-corrected chi connectivity index (χ0v) is 28.2. The van der Waals surface area contributed by atoms with Crippen LogP contribution in [0.3, 0.4) is 0 Å². The van der Waals surface area contributed by atoms with E-state index < -0.39 is 41.3 Å². The van der Waals surface area contributed by atoms with Crippen LogP contribution in [0.1, 0.15) is 75.3 Å². The number of carbonyl (C=O) groups is 5. The molecule has 3 heterocycles. The van der Waals surface area contributed by atoms with Crippen LogP contribution in [-0.4, -0.2) is 79.3 Å². The van der Waals surface area contributed by atoms with Gasteiger partial charge in [-0.1, -0.05) is 20.8 Å². The highest BCUT2D eigenvalue weighted by molar-refractivity contribution is 5.95. The molecule has 4 rings (SSSR count). The number of hydrogen-bond acceptors (Lipinski definition) is 11. The van der Waals surface area contributed by atoms with Crippen LogP contribution in [0.2, 0.25) is 0 Å². The zero-order valence-electron chi connectivity index (χ0n) is 28.2. The number of carbonyl (C=O) groups excluding carboxylic acids is 4. The first kappa shape index (κ1) is 37.2. The van der Waals surface area contributed by atoms with Gasteiger partial charge in [-0.25, -0.2) is 14.8 Å². The number of H-pyrrole nitrogens is 1. The van der Waals surface area contributed by atoms with Crippen LogP contribution in [0.25, 0.3) is 11.2 Å². The first-order valence-electron chi connectivity index (χ1n) is 16.6. The van der Waals surface area contributed by atoms with Crippen molar-refractivity contribution in [2.75, 3.05) is 17.6 Å². The smallest absolute Gasteiger partial charge is 0.326 e. The van der Waals surface area contributed by atoms with Crippen LogP contribution in [-0.2, 0) is 25.7 Å². The van der Waals surface area contributed by atoms with Gasteiger partial charge in [0.15, 0.2) is 11.2 Å². The molecule has 1 aliphatic rings. The van der Waals surface area contributed by atoms with Gasteiger partial charge in [0, 0.05) is 30.3 Å². The van der Waals surface area contributed by atoms with E-state index in [9.17, 15) is 33.9 Å². The quantitative estimate of drug-likeness (QED) is 0.117. The van der Waals surface area contributed by atoms with Crippen molar-refractivity contribution >= 4 is 52.4 Å². The standard InChI is InChI=1S/C33H44N10O7/c1-4-20(10-12-25(44)36-14-19-7-11-23(32(49)50)40-30(47)24(13-17(2)3)41-29(19)46)39-28(45)18-5-8-21(9-6-18)35-15-22-16-37-27-26(38-22)31(48)43-33(34)42-27/h5-6,8-9,16-17,19-20,23-24,35H,4,7,10-15H2,1-3H3,(H,36,44)(H,39,45)(H,40,47)(H,41,46)(H,49,50)(H3,34,37,42,43,48). The number of rotatable bonds is 14. The minimum Gasteiger partial charge on any atom is -0.480 e. The van der Waals surface area contributed by atoms with Crippen LogP contribution in [0.15, 0.2) is 35.3 Å². The summed E-state index contributed by atoms with van der Waals surface area (Å²) in [6.45, 7) is 5.94. The van der Waals surface area contributed by atoms with Crippen molar-refractivity contribution in [3.63, 3.8) is 0 Å². The number of amides is 4. The maximum absolute atomic E-state index is 13.0. The molecule has 2 aromatic heterocycles. The fourth-order valence-electron chi connectivity index (χ4n) is 5.48. The Balaban J connectivity index is 1.25. The lowest BCUT2D eigenvalue weighted by Crippen LogP contribution is -2.51. The molecule has 4 atom stereocenters. The summed E-state index contributed by atoms with van der Waals surface area (Å²) >= 11 is 0. The minimum absolute atomic E-state index is 0.0127. The molecule has 1 fully saturated rings. The van der Waals surface area contributed by atoms with E-state index in [4.69, 9.17) is 5.73 Å². The largest absolute Gasteiger partial charge is 0.480 e. The van der Waals surface area contributed by atoms with E-state index in [0.717, 1.165) is 0 Å². The Kier molecular flexibility index (Phi) is 12.8. The van der Waals surface area contributed by atoms with Gasteiger partial charge in [0.25, 0.3) is 11.5 Å². The van der Waals surface area contributed by atoms with Crippen LogP contribution < -0.4 is 37.9 Å². The van der Waals surface area contributed by atoms with Gasteiger partial charge in [0.1, 0.15) is 12.1 Å². The average Bonchev–Trinajstić information content (AvgIpc) is 3.12. The van der Waals surface area contributed by atoms with E-state index >= 15 is 0 Å². The summed E-state index contributed by atoms with van der Waals surface area (Å²) in [6, 6.07) is 4.48. The molecule has 17 nitrogen and oxygen atoms in total. The summed E-state index contributed by atoms with van der Waals surface area (Å²) in [5.74, 6) is -3.44. The number of carboxylic acid groups (broad SMARTS) is 1.